The van der Waals surface area contributed by atoms with Crippen molar-refractivity contribution in [3.05, 3.63) is 81.7 Å². The smallest absolute Gasteiger partial charge is 0.264 e. The van der Waals surface area contributed by atoms with Crippen LogP contribution in [0.5, 0.6) is 5.88 Å². The number of carbonyl (C=O) groups is 5. The molecule has 3 aliphatic heterocycles. The van der Waals surface area contributed by atoms with Crippen molar-refractivity contribution in [1.82, 2.24) is 34.4 Å². The van der Waals surface area contributed by atoms with E-state index in [1.807, 2.05) is 10.9 Å². The van der Waals surface area contributed by atoms with Crippen LogP contribution in [-0.4, -0.2) is 109 Å². The first-order valence-electron chi connectivity index (χ1n) is 18.9. The Labute approximate surface area is 337 Å². The largest absolute Gasteiger partial charge is 0.474 e. The molecule has 1 saturated carbocycles. The van der Waals surface area contributed by atoms with Gasteiger partial charge in [-0.2, -0.15) is 10.1 Å². The summed E-state index contributed by atoms with van der Waals surface area (Å²) in [6, 6.07) is 9.27. The van der Waals surface area contributed by atoms with Crippen LogP contribution in [0, 0.1) is 0 Å². The van der Waals surface area contributed by atoms with E-state index < -0.39 is 29.7 Å². The zero-order valence-electron chi connectivity index (χ0n) is 31.0. The number of fused-ring (bicyclic) bond motifs is 1. The third-order valence-corrected chi connectivity index (χ3v) is 11.3. The quantitative estimate of drug-likeness (QED) is 0.116. The number of hydrogen-bond acceptors (Lipinski definition) is 12. The normalized spacial score (nSPS) is 18.9. The molecule has 3 N–H and O–H groups in total. The predicted octanol–water partition coefficient (Wildman–Crippen LogP) is 5.40. The van der Waals surface area contributed by atoms with Crippen molar-refractivity contribution in [2.75, 3.05) is 49.2 Å². The summed E-state index contributed by atoms with van der Waals surface area (Å²) >= 11 is 12.5. The second-order valence-corrected chi connectivity index (χ2v) is 15.3. The van der Waals surface area contributed by atoms with Crippen LogP contribution in [0.3, 0.4) is 0 Å². The average Bonchev–Trinajstić information content (AvgIpc) is 3.84. The Balaban J connectivity index is 0.819. The molecule has 296 valence electrons. The lowest BCUT2D eigenvalue weighted by Gasteiger charge is -2.32. The molecule has 2 saturated heterocycles. The van der Waals surface area contributed by atoms with Gasteiger partial charge in [-0.25, -0.2) is 4.98 Å². The van der Waals surface area contributed by atoms with Crippen LogP contribution in [0.2, 0.25) is 10.0 Å². The molecule has 16 nitrogen and oxygen atoms in total. The summed E-state index contributed by atoms with van der Waals surface area (Å²) in [5.74, 6) is -1.96. The topological polar surface area (TPSA) is 184 Å². The Kier molecular flexibility index (Phi) is 10.8. The van der Waals surface area contributed by atoms with E-state index in [-0.39, 0.29) is 59.4 Å². The molecule has 18 heteroatoms. The van der Waals surface area contributed by atoms with Crippen LogP contribution in [0.25, 0.3) is 0 Å². The SMILES string of the molecule is CN1C(=O)CCC(N2C(=O)c3cccc(NCCCN4CCC(n5cc(Nc6ncc(C(=O)Nc7c(Cl)cccc7Cl)c(OC7CC7)n6)cn5)CC4)c3C2=O)C1=O. The Morgan fingerprint density at radius 1 is 0.947 bits per heavy atom. The van der Waals surface area contributed by atoms with Gasteiger partial charge in [0, 0.05) is 51.2 Å². The molecular formula is C39H40Cl2N10O6. The van der Waals surface area contributed by atoms with E-state index in [0.717, 1.165) is 61.5 Å². The average molecular weight is 816 g/mol. The van der Waals surface area contributed by atoms with E-state index in [2.05, 4.69) is 35.9 Å². The molecule has 4 aliphatic rings. The van der Waals surface area contributed by atoms with Gasteiger partial charge in [0.15, 0.2) is 0 Å². The maximum absolute atomic E-state index is 13.5. The summed E-state index contributed by atoms with van der Waals surface area (Å²) in [7, 11) is 1.38. The summed E-state index contributed by atoms with van der Waals surface area (Å²) in [6.07, 6.45) is 9.63. The maximum Gasteiger partial charge on any atom is 0.264 e. The third-order valence-electron chi connectivity index (χ3n) is 10.6. The number of likely N-dealkylation sites (N-methyl/N-ethyl adjacent to an activating group) is 1. The van der Waals surface area contributed by atoms with E-state index in [0.29, 0.717) is 33.7 Å². The highest BCUT2D eigenvalue weighted by Gasteiger charge is 2.47. The summed E-state index contributed by atoms with van der Waals surface area (Å²) in [4.78, 5) is 78.0. The fourth-order valence-electron chi connectivity index (χ4n) is 7.35. The number of rotatable bonds is 13. The minimum atomic E-state index is -0.990. The van der Waals surface area contributed by atoms with Crippen LogP contribution < -0.4 is 20.7 Å². The number of anilines is 4. The van der Waals surface area contributed by atoms with Gasteiger partial charge in [-0.1, -0.05) is 35.3 Å². The lowest BCUT2D eigenvalue weighted by Crippen LogP contribution is -2.54. The monoisotopic (exact) mass is 814 g/mol. The molecule has 1 atom stereocenters. The van der Waals surface area contributed by atoms with E-state index in [1.54, 1.807) is 42.6 Å². The van der Waals surface area contributed by atoms with Crippen LogP contribution >= 0.6 is 23.2 Å². The molecule has 2 aromatic carbocycles. The highest BCUT2D eigenvalue weighted by molar-refractivity contribution is 6.40. The second kappa shape index (κ2) is 16.1. The van der Waals surface area contributed by atoms with Crippen LogP contribution in [0.15, 0.2) is 55.0 Å². The van der Waals surface area contributed by atoms with E-state index >= 15 is 0 Å². The van der Waals surface area contributed by atoms with Gasteiger partial charge in [0.25, 0.3) is 23.6 Å². The second-order valence-electron chi connectivity index (χ2n) is 14.5. The number of para-hydroxylation sites is 1. The fraction of sp³-hybridized carbons (Fsp3) is 0.385. The van der Waals surface area contributed by atoms with Gasteiger partial charge in [-0.05, 0) is 69.3 Å². The first kappa shape index (κ1) is 38.3. The molecule has 57 heavy (non-hydrogen) atoms. The summed E-state index contributed by atoms with van der Waals surface area (Å²) in [5.41, 5.74) is 2.23. The Morgan fingerprint density at radius 2 is 1.70 bits per heavy atom. The van der Waals surface area contributed by atoms with E-state index in [1.165, 1.54) is 13.2 Å². The van der Waals surface area contributed by atoms with Crippen molar-refractivity contribution in [2.24, 2.45) is 0 Å². The molecular weight excluding hydrogens is 775 g/mol. The number of carbonyl (C=O) groups excluding carboxylic acids is 5. The number of amides is 5. The number of benzene rings is 2. The van der Waals surface area contributed by atoms with Gasteiger partial charge in [-0.15, -0.1) is 0 Å². The fourth-order valence-corrected chi connectivity index (χ4v) is 7.84. The van der Waals surface area contributed by atoms with Crippen LogP contribution in [0.1, 0.15) is 82.1 Å². The maximum atomic E-state index is 13.5. The molecule has 0 spiro atoms. The highest BCUT2D eigenvalue weighted by Crippen LogP contribution is 2.35. The van der Waals surface area contributed by atoms with Crippen molar-refractivity contribution in [2.45, 2.75) is 63.1 Å². The third kappa shape index (κ3) is 8.02. The standard InChI is InChI=1S/C39H40Cl2N10O6/c1-48-31(52)12-11-30(37(48)55)51-36(54)25-5-2-8-29(32(25)38(51)56)42-15-4-16-49-17-13-23(14-18-49)50-21-22(19-44-50)45-39-43-20-26(35(47-39)57-24-9-10-24)34(53)46-33-27(40)6-3-7-28(33)41/h2-3,5-8,19-21,23-24,30,42H,4,9-18H2,1H3,(H,46,53)(H,43,45,47). The molecule has 2 aromatic heterocycles. The number of likely N-dealkylation sites (tertiary alicyclic amines) is 2. The number of piperidine rings is 2. The number of halogens is 2. The summed E-state index contributed by atoms with van der Waals surface area (Å²) in [6.45, 7) is 3.20. The van der Waals surface area contributed by atoms with Crippen molar-refractivity contribution >= 4 is 75.7 Å². The van der Waals surface area contributed by atoms with Crippen molar-refractivity contribution in [3.8, 4) is 5.88 Å². The summed E-state index contributed by atoms with van der Waals surface area (Å²) < 4.78 is 7.94. The number of nitrogens with one attached hydrogen (secondary N) is 3. The minimum Gasteiger partial charge on any atom is -0.474 e. The number of ether oxygens (including phenoxy) is 1. The Hall–Kier alpha value is -5.58. The minimum absolute atomic E-state index is 0.0139. The molecule has 4 aromatic rings. The van der Waals surface area contributed by atoms with Gasteiger partial charge < -0.3 is 25.6 Å². The zero-order valence-corrected chi connectivity index (χ0v) is 32.6. The van der Waals surface area contributed by atoms with Gasteiger partial charge >= 0.3 is 0 Å². The number of aromatic nitrogens is 4. The number of hydrogen-bond donors (Lipinski definition) is 3. The van der Waals surface area contributed by atoms with E-state index in [9.17, 15) is 24.0 Å². The molecule has 8 rings (SSSR count). The van der Waals surface area contributed by atoms with Crippen molar-refractivity contribution < 1.29 is 28.7 Å². The van der Waals surface area contributed by atoms with Gasteiger partial charge in [0.05, 0.1) is 44.8 Å². The first-order chi connectivity index (χ1) is 27.5. The molecule has 3 fully saturated rings. The predicted molar refractivity (Wildman–Crippen MR) is 211 cm³/mol. The van der Waals surface area contributed by atoms with Crippen molar-refractivity contribution in [1.29, 1.82) is 0 Å². The lowest BCUT2D eigenvalue weighted by molar-refractivity contribution is -0.149. The zero-order chi connectivity index (χ0) is 39.8. The summed E-state index contributed by atoms with van der Waals surface area (Å²) in [5, 5.41) is 14.5. The Morgan fingerprint density at radius 3 is 2.46 bits per heavy atom. The molecule has 5 amide bonds. The van der Waals surface area contributed by atoms with Crippen molar-refractivity contribution in [3.63, 3.8) is 0 Å². The van der Waals surface area contributed by atoms with Crippen LogP contribution in [0.4, 0.5) is 23.0 Å². The molecule has 1 unspecified atom stereocenters. The lowest BCUT2D eigenvalue weighted by atomic mass is 10.0. The number of imide groups is 2. The number of nitrogens with zero attached hydrogens (tertiary/aromatic N) is 7. The van der Waals surface area contributed by atoms with Gasteiger partial charge in [-0.3, -0.25) is 38.5 Å². The molecule has 5 heterocycles. The van der Waals surface area contributed by atoms with Gasteiger partial charge in [0.2, 0.25) is 17.7 Å². The van der Waals surface area contributed by atoms with Gasteiger partial charge in [0.1, 0.15) is 17.7 Å². The van der Waals surface area contributed by atoms with Crippen LogP contribution in [-0.2, 0) is 9.59 Å². The first-order valence-corrected chi connectivity index (χ1v) is 19.7. The van der Waals surface area contributed by atoms with E-state index in [4.69, 9.17) is 27.9 Å². The molecule has 0 bridgehead atoms. The molecule has 0 radical (unpaired) electrons. The molecule has 1 aliphatic carbocycles. The Bertz CT molecular complexity index is 2240. The highest BCUT2D eigenvalue weighted by atomic mass is 35.5.